The fraction of sp³-hybridized carbons (Fsp3) is 0.368. The summed E-state index contributed by atoms with van der Waals surface area (Å²) in [5.41, 5.74) is 1.84. The highest BCUT2D eigenvalue weighted by Gasteiger charge is 2.17. The molecule has 1 aromatic heterocycles. The van der Waals surface area contributed by atoms with E-state index in [1.54, 1.807) is 12.1 Å². The van der Waals surface area contributed by atoms with Crippen LogP contribution in [0.5, 0.6) is 0 Å². The van der Waals surface area contributed by atoms with E-state index < -0.39 is 0 Å². The van der Waals surface area contributed by atoms with Crippen molar-refractivity contribution in [3.63, 3.8) is 0 Å². The molecule has 0 atom stereocenters. The normalized spacial score (nSPS) is 14.9. The Bertz CT molecular complexity index is 737. The van der Waals surface area contributed by atoms with Gasteiger partial charge in [0.15, 0.2) is 5.76 Å². The number of para-hydroxylation sites is 2. The number of nitrogens with one attached hydrogen (secondary N) is 2. The van der Waals surface area contributed by atoms with Crippen LogP contribution in [0.3, 0.4) is 0 Å². The number of amides is 2. The number of carbonyl (C=O) groups is 2. The number of hydrogen-bond acceptors (Lipinski definition) is 5. The first-order chi connectivity index (χ1) is 12.6. The van der Waals surface area contributed by atoms with Gasteiger partial charge in [-0.1, -0.05) is 12.1 Å². The van der Waals surface area contributed by atoms with Gasteiger partial charge in [0.1, 0.15) is 0 Å². The Labute approximate surface area is 153 Å². The second-order valence-corrected chi connectivity index (χ2v) is 6.34. The summed E-state index contributed by atoms with van der Waals surface area (Å²) in [6.45, 7) is 4.12. The molecule has 2 amide bonds. The third-order valence-corrected chi connectivity index (χ3v) is 4.40. The van der Waals surface area contributed by atoms with E-state index in [1.165, 1.54) is 6.26 Å². The van der Waals surface area contributed by atoms with Crippen molar-refractivity contribution in [3.05, 3.63) is 48.4 Å². The smallest absolute Gasteiger partial charge is 0.286 e. The molecule has 0 bridgehead atoms. The Hall–Kier alpha value is -2.80. The van der Waals surface area contributed by atoms with Crippen LogP contribution in [0, 0.1) is 0 Å². The molecular weight excluding hydrogens is 332 g/mol. The highest BCUT2D eigenvalue weighted by Crippen LogP contribution is 2.26. The molecule has 26 heavy (non-hydrogen) atoms. The molecule has 3 rings (SSSR count). The van der Waals surface area contributed by atoms with Gasteiger partial charge >= 0.3 is 0 Å². The van der Waals surface area contributed by atoms with Crippen LogP contribution in [0.25, 0.3) is 0 Å². The Balaban J connectivity index is 1.52. The van der Waals surface area contributed by atoms with E-state index in [4.69, 9.17) is 4.42 Å². The molecule has 0 aliphatic carbocycles. The Morgan fingerprint density at radius 3 is 2.58 bits per heavy atom. The minimum Gasteiger partial charge on any atom is -0.459 e. The number of hydrogen-bond donors (Lipinski definition) is 2. The zero-order chi connectivity index (χ0) is 18.4. The predicted molar refractivity (Wildman–Crippen MR) is 100 cm³/mol. The summed E-state index contributed by atoms with van der Waals surface area (Å²) < 4.78 is 5.02. The highest BCUT2D eigenvalue weighted by atomic mass is 16.3. The molecule has 138 valence electrons. The lowest BCUT2D eigenvalue weighted by molar-refractivity contribution is -0.116. The molecule has 0 saturated carbocycles. The molecule has 0 unspecified atom stereocenters. The first kappa shape index (κ1) is 18.0. The van der Waals surface area contributed by atoms with Crippen LogP contribution in [0.15, 0.2) is 47.1 Å². The maximum atomic E-state index is 12.3. The molecule has 1 aliphatic rings. The van der Waals surface area contributed by atoms with E-state index in [1.807, 2.05) is 24.3 Å². The molecule has 1 aromatic carbocycles. The number of anilines is 2. The maximum absolute atomic E-state index is 12.3. The zero-order valence-corrected chi connectivity index (χ0v) is 14.9. The molecule has 7 nitrogen and oxygen atoms in total. The van der Waals surface area contributed by atoms with Gasteiger partial charge in [-0.2, -0.15) is 0 Å². The van der Waals surface area contributed by atoms with Gasteiger partial charge in [-0.05, 0) is 31.3 Å². The topological polar surface area (TPSA) is 77.8 Å². The van der Waals surface area contributed by atoms with E-state index in [2.05, 4.69) is 27.5 Å². The lowest BCUT2D eigenvalue weighted by atomic mass is 10.2. The van der Waals surface area contributed by atoms with Gasteiger partial charge in [-0.15, -0.1) is 0 Å². The molecular formula is C19H24N4O3. The SMILES string of the molecule is CN1CCN(c2ccccc2NC(=O)CCNC(=O)c2ccco2)CC1. The monoisotopic (exact) mass is 356 g/mol. The summed E-state index contributed by atoms with van der Waals surface area (Å²) in [6.07, 6.45) is 1.64. The fourth-order valence-electron chi connectivity index (χ4n) is 2.90. The summed E-state index contributed by atoms with van der Waals surface area (Å²) in [4.78, 5) is 28.6. The largest absolute Gasteiger partial charge is 0.459 e. The number of likely N-dealkylation sites (N-methyl/N-ethyl adjacent to an activating group) is 1. The number of benzene rings is 1. The van der Waals surface area contributed by atoms with Crippen molar-refractivity contribution >= 4 is 23.2 Å². The fourth-order valence-corrected chi connectivity index (χ4v) is 2.90. The summed E-state index contributed by atoms with van der Waals surface area (Å²) in [6, 6.07) is 11.1. The van der Waals surface area contributed by atoms with Crippen LogP contribution in [-0.2, 0) is 4.79 Å². The minimum atomic E-state index is -0.319. The highest BCUT2D eigenvalue weighted by molar-refractivity contribution is 5.95. The van der Waals surface area contributed by atoms with Crippen LogP contribution in [0.2, 0.25) is 0 Å². The van der Waals surface area contributed by atoms with Crippen molar-refractivity contribution < 1.29 is 14.0 Å². The van der Waals surface area contributed by atoms with Gasteiger partial charge in [0, 0.05) is 39.1 Å². The summed E-state index contributed by atoms with van der Waals surface area (Å²) in [7, 11) is 2.11. The zero-order valence-electron chi connectivity index (χ0n) is 14.9. The predicted octanol–water partition coefficient (Wildman–Crippen LogP) is 1.79. The van der Waals surface area contributed by atoms with Gasteiger partial charge in [-0.3, -0.25) is 9.59 Å². The summed E-state index contributed by atoms with van der Waals surface area (Å²) in [5, 5.41) is 5.63. The molecule has 2 heterocycles. The van der Waals surface area contributed by atoms with Crippen LogP contribution < -0.4 is 15.5 Å². The Kier molecular flexibility index (Phi) is 5.91. The molecule has 1 aliphatic heterocycles. The van der Waals surface area contributed by atoms with Crippen LogP contribution >= 0.6 is 0 Å². The summed E-state index contributed by atoms with van der Waals surface area (Å²) >= 11 is 0. The lowest BCUT2D eigenvalue weighted by Crippen LogP contribution is -2.44. The molecule has 0 spiro atoms. The van der Waals surface area contributed by atoms with Crippen molar-refractivity contribution in [2.75, 3.05) is 50.0 Å². The average Bonchev–Trinajstić information content (AvgIpc) is 3.18. The van der Waals surface area contributed by atoms with E-state index >= 15 is 0 Å². The molecule has 1 fully saturated rings. The van der Waals surface area contributed by atoms with Crippen LogP contribution in [0.4, 0.5) is 11.4 Å². The number of furan rings is 1. The third kappa shape index (κ3) is 4.64. The van der Waals surface area contributed by atoms with Gasteiger partial charge in [0.2, 0.25) is 5.91 Å². The van der Waals surface area contributed by atoms with Crippen molar-refractivity contribution in [3.8, 4) is 0 Å². The standard InChI is InChI=1S/C19H24N4O3/c1-22-10-12-23(13-11-22)16-6-3-2-5-15(16)21-18(24)8-9-20-19(25)17-7-4-14-26-17/h2-7,14H,8-13H2,1H3,(H,20,25)(H,21,24). The second-order valence-electron chi connectivity index (χ2n) is 6.34. The molecule has 2 N–H and O–H groups in total. The Morgan fingerprint density at radius 2 is 1.85 bits per heavy atom. The van der Waals surface area contributed by atoms with Crippen molar-refractivity contribution in [2.24, 2.45) is 0 Å². The van der Waals surface area contributed by atoms with Crippen molar-refractivity contribution in [1.29, 1.82) is 0 Å². The number of rotatable bonds is 6. The quantitative estimate of drug-likeness (QED) is 0.825. The van der Waals surface area contributed by atoms with Gasteiger partial charge in [0.25, 0.3) is 5.91 Å². The molecule has 7 heteroatoms. The average molecular weight is 356 g/mol. The molecule has 1 saturated heterocycles. The first-order valence-corrected chi connectivity index (χ1v) is 8.77. The summed E-state index contributed by atoms with van der Waals surface area (Å²) in [5.74, 6) is -0.210. The van der Waals surface area contributed by atoms with E-state index in [0.717, 1.165) is 37.6 Å². The minimum absolute atomic E-state index is 0.133. The number of carbonyl (C=O) groups excluding carboxylic acids is 2. The van der Waals surface area contributed by atoms with E-state index in [9.17, 15) is 9.59 Å². The van der Waals surface area contributed by atoms with Crippen molar-refractivity contribution in [2.45, 2.75) is 6.42 Å². The van der Waals surface area contributed by atoms with Crippen molar-refractivity contribution in [1.82, 2.24) is 10.2 Å². The van der Waals surface area contributed by atoms with E-state index in [0.29, 0.717) is 0 Å². The van der Waals surface area contributed by atoms with Gasteiger partial charge < -0.3 is 24.9 Å². The number of piperazine rings is 1. The Morgan fingerprint density at radius 1 is 1.08 bits per heavy atom. The maximum Gasteiger partial charge on any atom is 0.286 e. The van der Waals surface area contributed by atoms with Crippen LogP contribution in [-0.4, -0.2) is 56.5 Å². The molecule has 0 radical (unpaired) electrons. The van der Waals surface area contributed by atoms with Gasteiger partial charge in [-0.25, -0.2) is 0 Å². The van der Waals surface area contributed by atoms with E-state index in [-0.39, 0.29) is 30.5 Å². The molecule has 2 aromatic rings. The third-order valence-electron chi connectivity index (χ3n) is 4.40. The lowest BCUT2D eigenvalue weighted by Gasteiger charge is -2.35. The number of nitrogens with zero attached hydrogens (tertiary/aromatic N) is 2. The van der Waals surface area contributed by atoms with Crippen LogP contribution in [0.1, 0.15) is 17.0 Å². The van der Waals surface area contributed by atoms with Gasteiger partial charge in [0.05, 0.1) is 17.6 Å². The first-order valence-electron chi connectivity index (χ1n) is 8.77. The second kappa shape index (κ2) is 8.53.